The molecule has 0 radical (unpaired) electrons. The van der Waals surface area contributed by atoms with E-state index < -0.39 is 5.97 Å². The highest BCUT2D eigenvalue weighted by Gasteiger charge is 2.28. The molecule has 5 aromatic rings. The van der Waals surface area contributed by atoms with Crippen LogP contribution in [0, 0.1) is 5.92 Å². The summed E-state index contributed by atoms with van der Waals surface area (Å²) >= 11 is 0. The number of fused-ring (bicyclic) bond motifs is 3. The van der Waals surface area contributed by atoms with Gasteiger partial charge in [0.05, 0.1) is 31.2 Å². The van der Waals surface area contributed by atoms with Crippen molar-refractivity contribution in [3.05, 3.63) is 46.8 Å². The molecule has 1 fully saturated rings. The zero-order valence-corrected chi connectivity index (χ0v) is 19.0. The van der Waals surface area contributed by atoms with Crippen molar-refractivity contribution in [1.29, 1.82) is 0 Å². The van der Waals surface area contributed by atoms with Gasteiger partial charge in [0.2, 0.25) is 11.8 Å². The van der Waals surface area contributed by atoms with Crippen LogP contribution in [0.5, 0.6) is 0 Å². The molecule has 0 atom stereocenters. The van der Waals surface area contributed by atoms with Crippen LogP contribution < -0.4 is 11.4 Å². The Bertz CT molecular complexity index is 1600. The van der Waals surface area contributed by atoms with Gasteiger partial charge in [-0.2, -0.15) is 14.6 Å². The molecular formula is C22H23N9O4. The fraction of sp³-hybridized carbons (Fsp3) is 0.364. The van der Waals surface area contributed by atoms with Gasteiger partial charge >= 0.3 is 11.7 Å². The van der Waals surface area contributed by atoms with E-state index in [4.69, 9.17) is 14.9 Å². The number of anilines is 1. The Morgan fingerprint density at radius 3 is 2.83 bits per heavy atom. The molecule has 0 saturated heterocycles. The highest BCUT2D eigenvalue weighted by Crippen LogP contribution is 2.32. The molecule has 13 heteroatoms. The summed E-state index contributed by atoms with van der Waals surface area (Å²) in [4.78, 5) is 34.6. The molecular weight excluding hydrogens is 454 g/mol. The number of hydrogen-bond donors (Lipinski definition) is 1. The summed E-state index contributed by atoms with van der Waals surface area (Å²) in [7, 11) is 0. The number of nitrogen functional groups attached to an aromatic ring is 1. The Labute approximate surface area is 197 Å². The van der Waals surface area contributed by atoms with Gasteiger partial charge in [-0.05, 0) is 37.8 Å². The zero-order chi connectivity index (χ0) is 24.1. The van der Waals surface area contributed by atoms with Crippen LogP contribution in [0.25, 0.3) is 28.4 Å². The average molecular weight is 477 g/mol. The normalized spacial score (nSPS) is 13.7. The summed E-state index contributed by atoms with van der Waals surface area (Å²) in [6, 6.07) is 3.51. The van der Waals surface area contributed by atoms with E-state index in [-0.39, 0.29) is 24.8 Å². The maximum Gasteiger partial charge on any atom is 0.341 e. The van der Waals surface area contributed by atoms with Gasteiger partial charge in [0.25, 0.3) is 0 Å². The van der Waals surface area contributed by atoms with Crippen LogP contribution in [0.3, 0.4) is 0 Å². The molecule has 180 valence electrons. The third-order valence-corrected chi connectivity index (χ3v) is 6.03. The Kier molecular flexibility index (Phi) is 4.90. The number of carbonyl (C=O) groups excluding carboxylic acids is 1. The maximum absolute atomic E-state index is 13.5. The minimum absolute atomic E-state index is 0.110. The number of esters is 1. The van der Waals surface area contributed by atoms with Crippen molar-refractivity contribution in [2.24, 2.45) is 5.92 Å². The second-order valence-corrected chi connectivity index (χ2v) is 8.49. The minimum Gasteiger partial charge on any atom is -0.462 e. The fourth-order valence-electron chi connectivity index (χ4n) is 4.14. The van der Waals surface area contributed by atoms with E-state index in [0.717, 1.165) is 12.8 Å². The molecule has 6 rings (SSSR count). The third kappa shape index (κ3) is 3.64. The molecule has 1 aliphatic carbocycles. The lowest BCUT2D eigenvalue weighted by molar-refractivity contribution is 0.0526. The van der Waals surface area contributed by atoms with Crippen LogP contribution in [0.15, 0.2) is 40.0 Å². The van der Waals surface area contributed by atoms with Gasteiger partial charge in [0.1, 0.15) is 5.52 Å². The smallest absolute Gasteiger partial charge is 0.341 e. The standard InChI is InChI=1S/C22H23N9O4/c1-2-34-20(32)14-10-24-28(12-14)7-8-29-18-16(30(22(29)33)11-13-5-6-13)19-25-17(15-4-3-9-35-15)27-31(19)21(23)26-18/h3-4,9-10,12-13H,2,5-8,11H2,1H3,(H2,23,26). The number of hydrogen-bond acceptors (Lipinski definition) is 9. The number of aryl methyl sites for hydroxylation is 2. The van der Waals surface area contributed by atoms with Crippen molar-refractivity contribution in [1.82, 2.24) is 38.5 Å². The van der Waals surface area contributed by atoms with Crippen LogP contribution in [0.1, 0.15) is 30.1 Å². The van der Waals surface area contributed by atoms with Crippen molar-refractivity contribution in [3.63, 3.8) is 0 Å². The van der Waals surface area contributed by atoms with Crippen LogP contribution in [0.4, 0.5) is 5.95 Å². The SMILES string of the molecule is CCOC(=O)c1cnn(CCn2c(=O)n(CC3CC3)c3c2nc(N)n2nc(-c4ccco4)nc32)c1. The summed E-state index contributed by atoms with van der Waals surface area (Å²) in [5.41, 5.74) is 7.83. The highest BCUT2D eigenvalue weighted by molar-refractivity contribution is 5.89. The van der Waals surface area contributed by atoms with E-state index in [2.05, 4.69) is 20.2 Å². The first-order chi connectivity index (χ1) is 17.0. The summed E-state index contributed by atoms with van der Waals surface area (Å²) in [6.45, 7) is 3.22. The molecule has 0 unspecified atom stereocenters. The average Bonchev–Trinajstić information content (AvgIpc) is 3.26. The Balaban J connectivity index is 1.43. The Morgan fingerprint density at radius 2 is 2.09 bits per heavy atom. The second kappa shape index (κ2) is 8.11. The summed E-state index contributed by atoms with van der Waals surface area (Å²) in [6.07, 6.45) is 6.74. The first-order valence-corrected chi connectivity index (χ1v) is 11.4. The van der Waals surface area contributed by atoms with Gasteiger partial charge in [-0.3, -0.25) is 13.8 Å². The lowest BCUT2D eigenvalue weighted by atomic mass is 10.4. The van der Waals surface area contributed by atoms with Crippen LogP contribution in [0.2, 0.25) is 0 Å². The monoisotopic (exact) mass is 477 g/mol. The molecule has 0 aliphatic heterocycles. The molecule has 35 heavy (non-hydrogen) atoms. The summed E-state index contributed by atoms with van der Waals surface area (Å²) in [5.74, 6) is 0.965. The van der Waals surface area contributed by atoms with Gasteiger partial charge in [-0.1, -0.05) is 0 Å². The van der Waals surface area contributed by atoms with Crippen molar-refractivity contribution < 1.29 is 13.9 Å². The van der Waals surface area contributed by atoms with Gasteiger partial charge < -0.3 is 14.9 Å². The number of nitrogens with zero attached hydrogens (tertiary/aromatic N) is 8. The number of imidazole rings is 1. The van der Waals surface area contributed by atoms with Crippen LogP contribution in [-0.2, 0) is 24.4 Å². The number of rotatable bonds is 8. The van der Waals surface area contributed by atoms with Crippen molar-refractivity contribution in [2.75, 3.05) is 12.3 Å². The number of nitrogens with two attached hydrogens (primary N) is 1. The lowest BCUT2D eigenvalue weighted by Crippen LogP contribution is -2.26. The minimum atomic E-state index is -0.437. The molecule has 0 amide bonds. The second-order valence-electron chi connectivity index (χ2n) is 8.49. The van der Waals surface area contributed by atoms with Gasteiger partial charge in [-0.25, -0.2) is 14.6 Å². The largest absolute Gasteiger partial charge is 0.462 e. The van der Waals surface area contributed by atoms with Crippen molar-refractivity contribution in [2.45, 2.75) is 39.4 Å². The molecule has 0 spiro atoms. The zero-order valence-electron chi connectivity index (χ0n) is 19.0. The summed E-state index contributed by atoms with van der Waals surface area (Å²) in [5, 5.41) is 8.67. The van der Waals surface area contributed by atoms with Gasteiger partial charge in [-0.15, -0.1) is 5.10 Å². The predicted octanol–water partition coefficient (Wildman–Crippen LogP) is 1.57. The maximum atomic E-state index is 13.5. The topological polar surface area (TPSA) is 153 Å². The molecule has 0 aromatic carbocycles. The number of aromatic nitrogens is 8. The van der Waals surface area contributed by atoms with E-state index in [0.29, 0.717) is 53.0 Å². The number of furan rings is 1. The van der Waals surface area contributed by atoms with E-state index in [1.807, 2.05) is 0 Å². The van der Waals surface area contributed by atoms with Crippen LogP contribution >= 0.6 is 0 Å². The Hall–Kier alpha value is -4.42. The quantitative estimate of drug-likeness (QED) is 0.328. The molecule has 13 nitrogen and oxygen atoms in total. The van der Waals surface area contributed by atoms with E-state index in [1.165, 1.54) is 10.7 Å². The third-order valence-electron chi connectivity index (χ3n) is 6.03. The molecule has 2 N–H and O–H groups in total. The first-order valence-electron chi connectivity index (χ1n) is 11.4. The van der Waals surface area contributed by atoms with E-state index in [1.54, 1.807) is 45.3 Å². The molecule has 5 aromatic heterocycles. The molecule has 0 bridgehead atoms. The molecule has 1 saturated carbocycles. The lowest BCUT2D eigenvalue weighted by Gasteiger charge is -2.04. The summed E-state index contributed by atoms with van der Waals surface area (Å²) < 4.78 is 16.8. The number of ether oxygens (including phenoxy) is 1. The fourth-order valence-corrected chi connectivity index (χ4v) is 4.14. The highest BCUT2D eigenvalue weighted by atomic mass is 16.5. The van der Waals surface area contributed by atoms with Gasteiger partial charge in [0, 0.05) is 19.3 Å². The van der Waals surface area contributed by atoms with Crippen molar-refractivity contribution in [3.8, 4) is 11.6 Å². The predicted molar refractivity (Wildman–Crippen MR) is 124 cm³/mol. The molecule has 5 heterocycles. The van der Waals surface area contributed by atoms with Gasteiger partial charge in [0.15, 0.2) is 17.1 Å². The van der Waals surface area contributed by atoms with Crippen molar-refractivity contribution >= 4 is 28.7 Å². The van der Waals surface area contributed by atoms with E-state index >= 15 is 0 Å². The molecule has 1 aliphatic rings. The van der Waals surface area contributed by atoms with Crippen LogP contribution in [-0.4, -0.2) is 51.1 Å². The Morgan fingerprint density at radius 1 is 1.23 bits per heavy atom. The number of carbonyl (C=O) groups is 1. The first kappa shape index (κ1) is 21.1. The van der Waals surface area contributed by atoms with E-state index in [9.17, 15) is 9.59 Å².